The fourth-order valence-electron chi connectivity index (χ4n) is 3.45. The number of amides is 1. The second-order valence-electron chi connectivity index (χ2n) is 6.97. The number of nitrogens with one attached hydrogen (secondary N) is 1. The molecule has 0 radical (unpaired) electrons. The molecule has 0 atom stereocenters. The van der Waals surface area contributed by atoms with Gasteiger partial charge in [-0.25, -0.2) is 4.98 Å². The number of anilines is 1. The van der Waals surface area contributed by atoms with Crippen molar-refractivity contribution in [2.24, 2.45) is 5.92 Å². The van der Waals surface area contributed by atoms with Crippen LogP contribution in [0, 0.1) is 12.8 Å². The standard InChI is InChI=1S/C21H23N3OS/c1-15-5-4-6-17(13-15)20(25)22-14-16-9-11-24(12-10-16)21-23-18-7-2-3-8-19(18)26-21/h2-8,13,16H,9-12,14H2,1H3,(H,22,25). The normalized spacial score (nSPS) is 15.3. The van der Waals surface area contributed by atoms with Crippen LogP contribution >= 0.6 is 11.3 Å². The lowest BCUT2D eigenvalue weighted by Crippen LogP contribution is -2.38. The lowest BCUT2D eigenvalue weighted by atomic mass is 9.97. The van der Waals surface area contributed by atoms with Crippen molar-refractivity contribution in [1.82, 2.24) is 10.3 Å². The molecule has 1 amide bonds. The number of para-hydroxylation sites is 1. The Balaban J connectivity index is 1.30. The van der Waals surface area contributed by atoms with Crippen molar-refractivity contribution in [3.63, 3.8) is 0 Å². The van der Waals surface area contributed by atoms with E-state index >= 15 is 0 Å². The summed E-state index contributed by atoms with van der Waals surface area (Å²) >= 11 is 1.77. The van der Waals surface area contributed by atoms with Gasteiger partial charge in [-0.3, -0.25) is 4.79 Å². The number of rotatable bonds is 4. The van der Waals surface area contributed by atoms with Gasteiger partial charge in [0.05, 0.1) is 10.2 Å². The SMILES string of the molecule is Cc1cccc(C(=O)NCC2CCN(c3nc4ccccc4s3)CC2)c1. The Kier molecular flexibility index (Phi) is 4.89. The Bertz CT molecular complexity index is 879. The van der Waals surface area contributed by atoms with Gasteiger partial charge in [0.15, 0.2) is 5.13 Å². The maximum absolute atomic E-state index is 12.3. The summed E-state index contributed by atoms with van der Waals surface area (Å²) in [6.07, 6.45) is 2.17. The summed E-state index contributed by atoms with van der Waals surface area (Å²) < 4.78 is 1.25. The van der Waals surface area contributed by atoms with Crippen molar-refractivity contribution in [3.05, 3.63) is 59.7 Å². The first-order valence-corrected chi connectivity index (χ1v) is 9.96. The van der Waals surface area contributed by atoms with E-state index in [1.165, 1.54) is 4.70 Å². The van der Waals surface area contributed by atoms with Crippen LogP contribution in [0.4, 0.5) is 5.13 Å². The molecule has 4 rings (SSSR count). The number of hydrogen-bond acceptors (Lipinski definition) is 4. The monoisotopic (exact) mass is 365 g/mol. The zero-order valence-electron chi connectivity index (χ0n) is 14.9. The average Bonchev–Trinajstić information content (AvgIpc) is 3.11. The van der Waals surface area contributed by atoms with Crippen LogP contribution in [0.1, 0.15) is 28.8 Å². The Labute approximate surface area is 157 Å². The van der Waals surface area contributed by atoms with E-state index < -0.39 is 0 Å². The molecule has 1 aliphatic rings. The van der Waals surface area contributed by atoms with E-state index in [0.717, 1.165) is 54.3 Å². The van der Waals surface area contributed by atoms with Gasteiger partial charge in [0, 0.05) is 25.2 Å². The van der Waals surface area contributed by atoms with Gasteiger partial charge < -0.3 is 10.2 Å². The van der Waals surface area contributed by atoms with Crippen LogP contribution in [-0.4, -0.2) is 30.5 Å². The number of benzene rings is 2. The van der Waals surface area contributed by atoms with E-state index in [0.29, 0.717) is 5.92 Å². The number of fused-ring (bicyclic) bond motifs is 1. The van der Waals surface area contributed by atoms with E-state index in [4.69, 9.17) is 4.98 Å². The van der Waals surface area contributed by atoms with Crippen LogP contribution in [0.5, 0.6) is 0 Å². The highest BCUT2D eigenvalue weighted by Gasteiger charge is 2.22. The molecule has 26 heavy (non-hydrogen) atoms. The van der Waals surface area contributed by atoms with Crippen LogP contribution in [0.2, 0.25) is 0 Å². The predicted molar refractivity (Wildman–Crippen MR) is 108 cm³/mol. The predicted octanol–water partition coefficient (Wildman–Crippen LogP) is 4.25. The molecule has 0 saturated carbocycles. The van der Waals surface area contributed by atoms with Gasteiger partial charge in [-0.2, -0.15) is 0 Å². The van der Waals surface area contributed by atoms with E-state index in [1.54, 1.807) is 11.3 Å². The maximum Gasteiger partial charge on any atom is 0.251 e. The van der Waals surface area contributed by atoms with Crippen molar-refractivity contribution in [3.8, 4) is 0 Å². The number of thiazole rings is 1. The van der Waals surface area contributed by atoms with E-state index in [1.807, 2.05) is 37.3 Å². The number of aryl methyl sites for hydroxylation is 1. The van der Waals surface area contributed by atoms with E-state index in [-0.39, 0.29) is 5.91 Å². The molecule has 0 spiro atoms. The number of carbonyl (C=O) groups excluding carboxylic acids is 1. The van der Waals surface area contributed by atoms with Gasteiger partial charge in [-0.1, -0.05) is 41.2 Å². The maximum atomic E-state index is 12.3. The van der Waals surface area contributed by atoms with Gasteiger partial charge in [0.2, 0.25) is 0 Å². The van der Waals surface area contributed by atoms with E-state index in [9.17, 15) is 4.79 Å². The molecule has 1 N–H and O–H groups in total. The Morgan fingerprint density at radius 1 is 1.19 bits per heavy atom. The summed E-state index contributed by atoms with van der Waals surface area (Å²) in [6, 6.07) is 16.0. The van der Waals surface area contributed by atoms with Crippen LogP contribution in [0.3, 0.4) is 0 Å². The van der Waals surface area contributed by atoms with Crippen molar-refractivity contribution >= 4 is 32.6 Å². The lowest BCUT2D eigenvalue weighted by molar-refractivity contribution is 0.0945. The number of carbonyl (C=O) groups is 1. The quantitative estimate of drug-likeness (QED) is 0.752. The minimum Gasteiger partial charge on any atom is -0.352 e. The Morgan fingerprint density at radius 2 is 2.00 bits per heavy atom. The summed E-state index contributed by atoms with van der Waals surface area (Å²) in [5, 5.41) is 4.22. The summed E-state index contributed by atoms with van der Waals surface area (Å²) in [5.41, 5.74) is 2.94. The smallest absolute Gasteiger partial charge is 0.251 e. The number of piperidine rings is 1. The highest BCUT2D eigenvalue weighted by Crippen LogP contribution is 2.31. The third-order valence-electron chi connectivity index (χ3n) is 5.00. The Hall–Kier alpha value is -2.40. The largest absolute Gasteiger partial charge is 0.352 e. The first kappa shape index (κ1) is 17.0. The minimum absolute atomic E-state index is 0.0299. The summed E-state index contributed by atoms with van der Waals surface area (Å²) in [4.78, 5) is 19.4. The Morgan fingerprint density at radius 3 is 2.77 bits per heavy atom. The molecular weight excluding hydrogens is 342 g/mol. The molecule has 3 aromatic rings. The zero-order chi connectivity index (χ0) is 17.9. The fraction of sp³-hybridized carbons (Fsp3) is 0.333. The molecule has 4 nitrogen and oxygen atoms in total. The average molecular weight is 366 g/mol. The van der Waals surface area contributed by atoms with Crippen LogP contribution < -0.4 is 10.2 Å². The number of hydrogen-bond donors (Lipinski definition) is 1. The molecule has 0 unspecified atom stereocenters. The van der Waals surface area contributed by atoms with Crippen LogP contribution in [0.15, 0.2) is 48.5 Å². The van der Waals surface area contributed by atoms with Gasteiger partial charge in [-0.05, 0) is 49.9 Å². The highest BCUT2D eigenvalue weighted by molar-refractivity contribution is 7.22. The van der Waals surface area contributed by atoms with Crippen LogP contribution in [0.25, 0.3) is 10.2 Å². The van der Waals surface area contributed by atoms with Gasteiger partial charge in [0.25, 0.3) is 5.91 Å². The van der Waals surface area contributed by atoms with Gasteiger partial charge in [0.1, 0.15) is 0 Å². The second-order valence-corrected chi connectivity index (χ2v) is 7.98. The molecule has 1 aromatic heterocycles. The van der Waals surface area contributed by atoms with Crippen molar-refractivity contribution < 1.29 is 4.79 Å². The van der Waals surface area contributed by atoms with Gasteiger partial charge >= 0.3 is 0 Å². The van der Waals surface area contributed by atoms with Crippen LogP contribution in [-0.2, 0) is 0 Å². The van der Waals surface area contributed by atoms with Gasteiger partial charge in [-0.15, -0.1) is 0 Å². The molecule has 0 aliphatic carbocycles. The summed E-state index contributed by atoms with van der Waals surface area (Å²) in [7, 11) is 0. The number of nitrogens with zero attached hydrogens (tertiary/aromatic N) is 2. The van der Waals surface area contributed by atoms with Crippen molar-refractivity contribution in [1.29, 1.82) is 0 Å². The molecule has 5 heteroatoms. The third kappa shape index (κ3) is 3.73. The first-order chi connectivity index (χ1) is 12.7. The molecule has 2 heterocycles. The fourth-order valence-corrected chi connectivity index (χ4v) is 4.47. The molecule has 2 aromatic carbocycles. The molecule has 0 bridgehead atoms. The number of aromatic nitrogens is 1. The molecular formula is C21H23N3OS. The topological polar surface area (TPSA) is 45.2 Å². The van der Waals surface area contributed by atoms with Crippen molar-refractivity contribution in [2.75, 3.05) is 24.5 Å². The lowest BCUT2D eigenvalue weighted by Gasteiger charge is -2.31. The minimum atomic E-state index is 0.0299. The van der Waals surface area contributed by atoms with E-state index in [2.05, 4.69) is 28.4 Å². The molecule has 134 valence electrons. The summed E-state index contributed by atoms with van der Waals surface area (Å²) in [5.74, 6) is 0.566. The second kappa shape index (κ2) is 7.46. The summed E-state index contributed by atoms with van der Waals surface area (Å²) in [6.45, 7) is 4.77. The molecule has 1 fully saturated rings. The third-order valence-corrected chi connectivity index (χ3v) is 6.10. The molecule has 1 saturated heterocycles. The highest BCUT2D eigenvalue weighted by atomic mass is 32.1. The van der Waals surface area contributed by atoms with Crippen molar-refractivity contribution in [2.45, 2.75) is 19.8 Å². The first-order valence-electron chi connectivity index (χ1n) is 9.14. The zero-order valence-corrected chi connectivity index (χ0v) is 15.8. The molecule has 1 aliphatic heterocycles.